The molecule has 0 fully saturated rings. The summed E-state index contributed by atoms with van der Waals surface area (Å²) in [6.07, 6.45) is 1.51. The molecule has 0 spiro atoms. The maximum atomic E-state index is 12.6. The largest absolute Gasteiger partial charge is 0.422 e. The zero-order valence-corrected chi connectivity index (χ0v) is 16.6. The van der Waals surface area contributed by atoms with E-state index in [1.54, 1.807) is 11.6 Å². The van der Waals surface area contributed by atoms with E-state index in [-0.39, 0.29) is 11.3 Å². The van der Waals surface area contributed by atoms with E-state index in [1.165, 1.54) is 24.5 Å². The summed E-state index contributed by atoms with van der Waals surface area (Å²) in [6, 6.07) is 8.08. The van der Waals surface area contributed by atoms with Crippen LogP contribution >= 0.6 is 11.8 Å². The zero-order chi connectivity index (χ0) is 20.4. The molecular weight excluding hydrogens is 380 g/mol. The average Bonchev–Trinajstić information content (AvgIpc) is 3.02. The van der Waals surface area contributed by atoms with Crippen LogP contribution in [0.3, 0.4) is 0 Å². The molecule has 0 saturated heterocycles. The molecule has 3 rings (SSSR count). The second-order valence-corrected chi connectivity index (χ2v) is 7.39. The van der Waals surface area contributed by atoms with Gasteiger partial charge in [0.2, 0.25) is 0 Å². The van der Waals surface area contributed by atoms with Gasteiger partial charge in [0.25, 0.3) is 5.69 Å². The fraction of sp³-hybridized carbons (Fsp3) is 0.211. The second kappa shape index (κ2) is 7.81. The Hall–Kier alpha value is -3.20. The number of nitro benzene ring substituents is 1. The van der Waals surface area contributed by atoms with Gasteiger partial charge in [-0.05, 0) is 55.8 Å². The molecule has 3 aromatic rings. The number of hydrogen-bond acceptors (Lipinski definition) is 7. The lowest BCUT2D eigenvalue weighted by Gasteiger charge is -2.12. The molecule has 0 aliphatic rings. The minimum Gasteiger partial charge on any atom is -0.422 e. The van der Waals surface area contributed by atoms with Crippen LogP contribution in [0, 0.1) is 30.9 Å². The van der Waals surface area contributed by atoms with Crippen LogP contribution in [0.15, 0.2) is 46.7 Å². The van der Waals surface area contributed by atoms with Gasteiger partial charge in [0.1, 0.15) is 12.1 Å². The van der Waals surface area contributed by atoms with E-state index in [9.17, 15) is 14.9 Å². The van der Waals surface area contributed by atoms with Gasteiger partial charge < -0.3 is 9.30 Å². The molecule has 144 valence electrons. The van der Waals surface area contributed by atoms with Crippen molar-refractivity contribution < 1.29 is 14.5 Å². The predicted molar refractivity (Wildman–Crippen MR) is 104 cm³/mol. The first-order valence-corrected chi connectivity index (χ1v) is 9.18. The summed E-state index contributed by atoms with van der Waals surface area (Å²) in [5.41, 5.74) is 2.63. The molecule has 0 radical (unpaired) electrons. The van der Waals surface area contributed by atoms with Gasteiger partial charge in [-0.25, -0.2) is 4.79 Å². The quantitative estimate of drug-likeness (QED) is 0.277. The van der Waals surface area contributed by atoms with Gasteiger partial charge in [-0.3, -0.25) is 10.1 Å². The Morgan fingerprint density at radius 2 is 1.86 bits per heavy atom. The molecule has 0 saturated carbocycles. The summed E-state index contributed by atoms with van der Waals surface area (Å²) in [6.45, 7) is 5.67. The van der Waals surface area contributed by atoms with E-state index in [2.05, 4.69) is 10.2 Å². The summed E-state index contributed by atoms with van der Waals surface area (Å²) >= 11 is 1.10. The average molecular weight is 398 g/mol. The van der Waals surface area contributed by atoms with Gasteiger partial charge in [-0.15, -0.1) is 10.2 Å². The highest BCUT2D eigenvalue weighted by Crippen LogP contribution is 2.34. The van der Waals surface area contributed by atoms with Crippen molar-refractivity contribution in [1.29, 1.82) is 0 Å². The van der Waals surface area contributed by atoms with Crippen LogP contribution in [0.25, 0.3) is 0 Å². The number of aryl methyl sites for hydroxylation is 4. The van der Waals surface area contributed by atoms with E-state index in [0.29, 0.717) is 15.8 Å². The summed E-state index contributed by atoms with van der Waals surface area (Å²) in [5.74, 6) is -0.177. The van der Waals surface area contributed by atoms with Gasteiger partial charge >= 0.3 is 5.97 Å². The number of rotatable bonds is 5. The van der Waals surface area contributed by atoms with Gasteiger partial charge in [0.05, 0.1) is 15.4 Å². The molecule has 0 amide bonds. The smallest absolute Gasteiger partial charge is 0.343 e. The minimum atomic E-state index is -0.645. The van der Waals surface area contributed by atoms with E-state index in [4.69, 9.17) is 4.74 Å². The minimum absolute atomic E-state index is 0.105. The molecule has 1 aromatic heterocycles. The van der Waals surface area contributed by atoms with Crippen LogP contribution in [0.2, 0.25) is 0 Å². The maximum Gasteiger partial charge on any atom is 0.343 e. The predicted octanol–water partition coefficient (Wildman–Crippen LogP) is 4.02. The van der Waals surface area contributed by atoms with Crippen LogP contribution in [-0.2, 0) is 7.05 Å². The van der Waals surface area contributed by atoms with E-state index < -0.39 is 10.9 Å². The van der Waals surface area contributed by atoms with Crippen molar-refractivity contribution in [2.45, 2.75) is 30.8 Å². The van der Waals surface area contributed by atoms with Gasteiger partial charge in [-0.2, -0.15) is 0 Å². The summed E-state index contributed by atoms with van der Waals surface area (Å²) < 4.78 is 7.17. The first kappa shape index (κ1) is 19.6. The number of nitro groups is 1. The molecule has 1 heterocycles. The number of benzene rings is 2. The highest BCUT2D eigenvalue weighted by atomic mass is 32.2. The molecule has 9 heteroatoms. The van der Waals surface area contributed by atoms with Crippen molar-refractivity contribution in [2.24, 2.45) is 7.05 Å². The molecule has 0 aliphatic carbocycles. The van der Waals surface area contributed by atoms with Crippen LogP contribution in [0.5, 0.6) is 5.75 Å². The SMILES string of the molecule is Cc1cc(C)c(OC(=O)c2ccc(Sc3nncn3C)c([N+](=O)[O-])c2)c(C)c1. The van der Waals surface area contributed by atoms with Gasteiger partial charge in [-0.1, -0.05) is 17.7 Å². The Bertz CT molecular complexity index is 1050. The van der Waals surface area contributed by atoms with Gasteiger partial charge in [0, 0.05) is 13.1 Å². The molecule has 2 aromatic carbocycles. The molecular formula is C19H18N4O4S. The summed E-state index contributed by atoms with van der Waals surface area (Å²) in [7, 11) is 1.74. The Morgan fingerprint density at radius 3 is 2.43 bits per heavy atom. The van der Waals surface area contributed by atoms with Crippen molar-refractivity contribution in [3.05, 3.63) is 69.0 Å². The lowest BCUT2D eigenvalue weighted by Crippen LogP contribution is -2.11. The number of carbonyl (C=O) groups is 1. The van der Waals surface area contributed by atoms with E-state index in [1.807, 2.05) is 32.9 Å². The number of ether oxygens (including phenoxy) is 1. The molecule has 0 atom stereocenters. The standard InChI is InChI=1S/C19H18N4O4S/c1-11-7-12(2)17(13(3)8-11)27-18(24)14-5-6-16(15(9-14)23(25)26)28-19-21-20-10-22(19)4/h5-10H,1-4H3. The van der Waals surface area contributed by atoms with Crippen LogP contribution < -0.4 is 4.74 Å². The molecule has 28 heavy (non-hydrogen) atoms. The zero-order valence-electron chi connectivity index (χ0n) is 15.8. The van der Waals surface area contributed by atoms with Crippen molar-refractivity contribution in [3.63, 3.8) is 0 Å². The Balaban J connectivity index is 1.90. The Labute approximate surface area is 165 Å². The highest BCUT2D eigenvalue weighted by Gasteiger charge is 2.21. The van der Waals surface area contributed by atoms with E-state index >= 15 is 0 Å². The lowest BCUT2D eigenvalue weighted by molar-refractivity contribution is -0.387. The molecule has 0 aliphatic heterocycles. The molecule has 0 unspecified atom stereocenters. The molecule has 0 N–H and O–H groups in total. The van der Waals surface area contributed by atoms with Crippen LogP contribution in [0.1, 0.15) is 27.0 Å². The number of hydrogen-bond donors (Lipinski definition) is 0. The molecule has 8 nitrogen and oxygen atoms in total. The maximum absolute atomic E-state index is 12.6. The van der Waals surface area contributed by atoms with Crippen molar-refractivity contribution >= 4 is 23.4 Å². The normalized spacial score (nSPS) is 10.7. The van der Waals surface area contributed by atoms with E-state index in [0.717, 1.165) is 28.5 Å². The van der Waals surface area contributed by atoms with Crippen LogP contribution in [-0.4, -0.2) is 25.7 Å². The third-order valence-electron chi connectivity index (χ3n) is 4.06. The second-order valence-electron chi connectivity index (χ2n) is 6.38. The monoisotopic (exact) mass is 398 g/mol. The van der Waals surface area contributed by atoms with Crippen molar-refractivity contribution in [2.75, 3.05) is 0 Å². The number of carbonyl (C=O) groups excluding carboxylic acids is 1. The summed E-state index contributed by atoms with van der Waals surface area (Å²) in [5, 5.41) is 19.7. The van der Waals surface area contributed by atoms with Crippen molar-refractivity contribution in [1.82, 2.24) is 14.8 Å². The Morgan fingerprint density at radius 1 is 1.18 bits per heavy atom. The fourth-order valence-corrected chi connectivity index (χ4v) is 3.67. The van der Waals surface area contributed by atoms with Gasteiger partial charge in [0.15, 0.2) is 5.16 Å². The first-order chi connectivity index (χ1) is 13.3. The third-order valence-corrected chi connectivity index (χ3v) is 5.18. The van der Waals surface area contributed by atoms with Crippen molar-refractivity contribution in [3.8, 4) is 5.75 Å². The highest BCUT2D eigenvalue weighted by molar-refractivity contribution is 7.99. The third kappa shape index (κ3) is 4.04. The Kier molecular flexibility index (Phi) is 5.46. The number of esters is 1. The fourth-order valence-electron chi connectivity index (χ4n) is 2.82. The topological polar surface area (TPSA) is 100 Å². The van der Waals surface area contributed by atoms with Crippen LogP contribution in [0.4, 0.5) is 5.69 Å². The molecule has 0 bridgehead atoms. The first-order valence-electron chi connectivity index (χ1n) is 8.36. The lowest BCUT2D eigenvalue weighted by atomic mass is 10.1. The number of aromatic nitrogens is 3. The number of nitrogens with zero attached hydrogens (tertiary/aromatic N) is 4. The summed E-state index contributed by atoms with van der Waals surface area (Å²) in [4.78, 5) is 23.9.